The number of nitrogens with zero attached hydrogens (tertiary/aromatic N) is 3. The van der Waals surface area contributed by atoms with Crippen molar-refractivity contribution in [3.05, 3.63) is 69.3 Å². The van der Waals surface area contributed by atoms with E-state index in [1.165, 1.54) is 6.20 Å². The van der Waals surface area contributed by atoms with Gasteiger partial charge in [-0.3, -0.25) is 4.79 Å². The number of ether oxygens (including phenoxy) is 1. The minimum absolute atomic E-state index is 0.0168. The SMILES string of the molecule is CC(C)(C)OC(=O)NC[C@@H]1CN(c2nc3c(cc2F)c(=O)c(C(=O)O)cn3C2CC2)C[C@H]1c1cccc(CN)c1. The molecule has 0 bridgehead atoms. The lowest BCUT2D eigenvalue weighted by Crippen LogP contribution is -2.37. The molecular formula is C29H34FN5O5. The van der Waals surface area contributed by atoms with Gasteiger partial charge in [0.15, 0.2) is 11.6 Å². The maximum atomic E-state index is 15.6. The van der Waals surface area contributed by atoms with E-state index < -0.39 is 34.5 Å². The molecule has 1 aliphatic carbocycles. The van der Waals surface area contributed by atoms with Gasteiger partial charge in [-0.1, -0.05) is 24.3 Å². The zero-order chi connectivity index (χ0) is 28.8. The molecule has 1 saturated heterocycles. The summed E-state index contributed by atoms with van der Waals surface area (Å²) in [6.07, 6.45) is 2.44. The number of hydrogen-bond acceptors (Lipinski definition) is 7. The van der Waals surface area contributed by atoms with Crippen LogP contribution in [0.4, 0.5) is 15.0 Å². The van der Waals surface area contributed by atoms with Crippen molar-refractivity contribution in [3.63, 3.8) is 0 Å². The zero-order valence-electron chi connectivity index (χ0n) is 22.8. The molecule has 1 saturated carbocycles. The summed E-state index contributed by atoms with van der Waals surface area (Å²) in [5.74, 6) is -2.14. The number of rotatable bonds is 7. The molecular weight excluding hydrogens is 517 g/mol. The highest BCUT2D eigenvalue weighted by atomic mass is 19.1. The van der Waals surface area contributed by atoms with E-state index in [-0.39, 0.29) is 34.7 Å². The topological polar surface area (TPSA) is 140 Å². The molecule has 2 aliphatic rings. The van der Waals surface area contributed by atoms with Crippen molar-refractivity contribution in [1.82, 2.24) is 14.9 Å². The maximum Gasteiger partial charge on any atom is 0.407 e. The molecule has 10 nitrogen and oxygen atoms in total. The van der Waals surface area contributed by atoms with E-state index in [2.05, 4.69) is 10.3 Å². The second-order valence-corrected chi connectivity index (χ2v) is 11.6. The second-order valence-electron chi connectivity index (χ2n) is 11.6. The highest BCUT2D eigenvalue weighted by Crippen LogP contribution is 2.39. The number of carbonyl (C=O) groups excluding carboxylic acids is 1. The van der Waals surface area contributed by atoms with Crippen molar-refractivity contribution in [3.8, 4) is 0 Å². The van der Waals surface area contributed by atoms with Gasteiger partial charge in [-0.05, 0) is 50.8 Å². The van der Waals surface area contributed by atoms with Crippen molar-refractivity contribution < 1.29 is 23.8 Å². The van der Waals surface area contributed by atoms with Gasteiger partial charge in [0.1, 0.15) is 16.8 Å². The molecule has 1 amide bonds. The van der Waals surface area contributed by atoms with Gasteiger partial charge < -0.3 is 30.4 Å². The molecule has 4 N–H and O–H groups in total. The smallest absolute Gasteiger partial charge is 0.407 e. The van der Waals surface area contributed by atoms with Crippen LogP contribution in [0.2, 0.25) is 0 Å². The molecule has 2 aromatic heterocycles. The lowest BCUT2D eigenvalue weighted by Gasteiger charge is -2.22. The lowest BCUT2D eigenvalue weighted by molar-refractivity contribution is 0.0518. The number of fused-ring (bicyclic) bond motifs is 1. The average Bonchev–Trinajstić information content (AvgIpc) is 3.65. The van der Waals surface area contributed by atoms with E-state index in [0.29, 0.717) is 26.2 Å². The Morgan fingerprint density at radius 3 is 2.62 bits per heavy atom. The van der Waals surface area contributed by atoms with Gasteiger partial charge in [0, 0.05) is 50.3 Å². The Bertz CT molecular complexity index is 1530. The van der Waals surface area contributed by atoms with Crippen LogP contribution in [0.5, 0.6) is 0 Å². The molecule has 40 heavy (non-hydrogen) atoms. The van der Waals surface area contributed by atoms with Crippen LogP contribution in [0, 0.1) is 11.7 Å². The van der Waals surface area contributed by atoms with E-state index >= 15 is 4.39 Å². The molecule has 0 unspecified atom stereocenters. The fraction of sp³-hybridized carbons (Fsp3) is 0.448. The first kappa shape index (κ1) is 27.6. The number of amides is 1. The molecule has 1 aliphatic heterocycles. The molecule has 11 heteroatoms. The number of carbonyl (C=O) groups is 2. The van der Waals surface area contributed by atoms with Gasteiger partial charge in [-0.25, -0.2) is 19.0 Å². The van der Waals surface area contributed by atoms with Crippen LogP contribution in [-0.4, -0.2) is 52.0 Å². The van der Waals surface area contributed by atoms with Gasteiger partial charge in [0.05, 0.1) is 5.39 Å². The largest absolute Gasteiger partial charge is 0.477 e. The Kier molecular flexibility index (Phi) is 7.26. The van der Waals surface area contributed by atoms with E-state index in [1.807, 2.05) is 29.2 Å². The number of aromatic carboxylic acids is 1. The summed E-state index contributed by atoms with van der Waals surface area (Å²) in [4.78, 5) is 43.4. The number of aromatic nitrogens is 2. The van der Waals surface area contributed by atoms with Crippen LogP contribution < -0.4 is 21.4 Å². The molecule has 3 heterocycles. The van der Waals surface area contributed by atoms with E-state index in [9.17, 15) is 19.5 Å². The molecule has 0 spiro atoms. The fourth-order valence-corrected chi connectivity index (χ4v) is 5.35. The number of benzene rings is 1. The third-order valence-electron chi connectivity index (χ3n) is 7.37. The van der Waals surface area contributed by atoms with Gasteiger partial charge in [-0.15, -0.1) is 0 Å². The Morgan fingerprint density at radius 1 is 1.23 bits per heavy atom. The molecule has 3 aromatic rings. The number of nitrogens with one attached hydrogen (secondary N) is 1. The van der Waals surface area contributed by atoms with Gasteiger partial charge in [0.25, 0.3) is 0 Å². The number of carboxylic acids is 1. The van der Waals surface area contributed by atoms with Crippen molar-refractivity contribution in [2.75, 3.05) is 24.5 Å². The number of hydrogen-bond donors (Lipinski definition) is 3. The summed E-state index contributed by atoms with van der Waals surface area (Å²) in [5, 5.41) is 12.3. The highest BCUT2D eigenvalue weighted by Gasteiger charge is 2.37. The van der Waals surface area contributed by atoms with Gasteiger partial charge in [-0.2, -0.15) is 0 Å². The monoisotopic (exact) mass is 551 g/mol. The minimum atomic E-state index is -1.35. The quantitative estimate of drug-likeness (QED) is 0.403. The van der Waals surface area contributed by atoms with E-state index in [4.69, 9.17) is 10.5 Å². The predicted molar refractivity (Wildman–Crippen MR) is 148 cm³/mol. The van der Waals surface area contributed by atoms with Crippen LogP contribution in [-0.2, 0) is 11.3 Å². The first-order valence-corrected chi connectivity index (χ1v) is 13.4. The molecule has 2 atom stereocenters. The number of carboxylic acid groups (broad SMARTS) is 1. The molecule has 5 rings (SSSR count). The van der Waals surface area contributed by atoms with E-state index in [1.54, 1.807) is 25.3 Å². The second kappa shape index (κ2) is 10.5. The summed E-state index contributed by atoms with van der Waals surface area (Å²) in [6, 6.07) is 9.01. The van der Waals surface area contributed by atoms with Crippen LogP contribution >= 0.6 is 0 Å². The summed E-state index contributed by atoms with van der Waals surface area (Å²) in [7, 11) is 0. The number of nitrogens with two attached hydrogens (primary N) is 1. The van der Waals surface area contributed by atoms with Crippen molar-refractivity contribution in [1.29, 1.82) is 0 Å². The number of halogens is 1. The van der Waals surface area contributed by atoms with Crippen molar-refractivity contribution in [2.45, 2.75) is 57.7 Å². The molecule has 2 fully saturated rings. The molecule has 1 aromatic carbocycles. The van der Waals surface area contributed by atoms with Gasteiger partial charge >= 0.3 is 12.1 Å². The average molecular weight is 552 g/mol. The Morgan fingerprint density at radius 2 is 1.98 bits per heavy atom. The first-order valence-electron chi connectivity index (χ1n) is 13.4. The maximum absolute atomic E-state index is 15.6. The Balaban J connectivity index is 1.51. The van der Waals surface area contributed by atoms with Crippen LogP contribution in [0.15, 0.2) is 41.3 Å². The molecule has 0 radical (unpaired) electrons. The number of anilines is 1. The normalized spacial score (nSPS) is 19.2. The summed E-state index contributed by atoms with van der Waals surface area (Å²) < 4.78 is 22.7. The van der Waals surface area contributed by atoms with Crippen LogP contribution in [0.25, 0.3) is 11.0 Å². The van der Waals surface area contributed by atoms with Crippen LogP contribution in [0.3, 0.4) is 0 Å². The zero-order valence-corrected chi connectivity index (χ0v) is 22.8. The van der Waals surface area contributed by atoms with Crippen molar-refractivity contribution >= 4 is 28.9 Å². The standard InChI is InChI=1S/C29H34FN5O5/c1-29(2,3)40-28(39)32-12-18-13-34(14-21(18)17-6-4-5-16(9-17)11-31)26-23(30)10-20-24(36)22(27(37)38)15-35(19-7-8-19)25(20)33-26/h4-6,9-10,15,18-19,21H,7-8,11-14,31H2,1-3H3,(H,32,39)(H,37,38)/t18-,21+/m1/s1. The fourth-order valence-electron chi connectivity index (χ4n) is 5.35. The Hall–Kier alpha value is -3.99. The summed E-state index contributed by atoms with van der Waals surface area (Å²) in [5.41, 5.74) is 6.33. The first-order chi connectivity index (χ1) is 18.9. The Labute approximate surface area is 230 Å². The lowest BCUT2D eigenvalue weighted by atomic mass is 9.88. The van der Waals surface area contributed by atoms with Crippen LogP contribution in [0.1, 0.15) is 67.1 Å². The van der Waals surface area contributed by atoms with E-state index in [0.717, 1.165) is 30.0 Å². The number of pyridine rings is 2. The predicted octanol–water partition coefficient (Wildman–Crippen LogP) is 3.77. The highest BCUT2D eigenvalue weighted by molar-refractivity contribution is 5.92. The van der Waals surface area contributed by atoms with Gasteiger partial charge in [0.2, 0.25) is 5.43 Å². The minimum Gasteiger partial charge on any atom is -0.477 e. The summed E-state index contributed by atoms with van der Waals surface area (Å²) >= 11 is 0. The number of alkyl carbamates (subject to hydrolysis) is 1. The summed E-state index contributed by atoms with van der Waals surface area (Å²) in [6.45, 7) is 6.86. The van der Waals surface area contributed by atoms with Crippen molar-refractivity contribution in [2.24, 2.45) is 11.7 Å². The molecule has 212 valence electrons. The third kappa shape index (κ3) is 5.65. The third-order valence-corrected chi connectivity index (χ3v) is 7.37.